The van der Waals surface area contributed by atoms with Crippen LogP contribution in [0.5, 0.6) is 0 Å². The molecule has 0 rings (SSSR count). The van der Waals surface area contributed by atoms with Gasteiger partial charge in [0.1, 0.15) is 0 Å². The van der Waals surface area contributed by atoms with Crippen LogP contribution in [0.2, 0.25) is 0 Å². The highest BCUT2D eigenvalue weighted by Crippen LogP contribution is 1.84. The van der Waals surface area contributed by atoms with Crippen LogP contribution in [0.25, 0.3) is 0 Å². The van der Waals surface area contributed by atoms with E-state index < -0.39 is 6.04 Å². The quantitative estimate of drug-likeness (QED) is 0.407. The average molecular weight is 120 g/mol. The minimum atomic E-state index is -1.31. The topological polar surface area (TPSA) is 26.3 Å². The van der Waals surface area contributed by atoms with Crippen LogP contribution in [0.4, 0.5) is 4.39 Å². The Balaban J connectivity index is 2.82. The summed E-state index contributed by atoms with van der Waals surface area (Å²) >= 11 is 0. The Morgan fingerprint density at radius 1 is 1.75 bits per heavy atom. The van der Waals surface area contributed by atoms with Crippen LogP contribution in [0.15, 0.2) is 0 Å². The molecule has 0 spiro atoms. The van der Waals surface area contributed by atoms with Crippen molar-refractivity contribution in [2.45, 2.75) is 13.3 Å². The number of rotatable bonds is 4. The predicted octanol–water partition coefficient (Wildman–Crippen LogP) is 0.909. The molecule has 0 saturated carbocycles. The highest BCUT2D eigenvalue weighted by atomic mass is 19.1. The molecule has 0 aromatic carbocycles. The lowest BCUT2D eigenvalue weighted by molar-refractivity contribution is -0.130. The predicted molar refractivity (Wildman–Crippen MR) is 27.2 cm³/mol. The highest BCUT2D eigenvalue weighted by molar-refractivity contribution is 5.67. The molecular weight excluding hydrogens is 111 g/mol. The van der Waals surface area contributed by atoms with Gasteiger partial charge in [0.05, 0.1) is 13.0 Å². The lowest BCUT2D eigenvalue weighted by atomic mass is 10.5. The SMILES string of the molecule is CCOCCC(=O)F. The zero-order valence-corrected chi connectivity index (χ0v) is 4.82. The van der Waals surface area contributed by atoms with E-state index in [0.717, 1.165) is 0 Å². The van der Waals surface area contributed by atoms with Gasteiger partial charge in [-0.1, -0.05) is 0 Å². The van der Waals surface area contributed by atoms with Gasteiger partial charge in [0.2, 0.25) is 0 Å². The Morgan fingerprint density at radius 3 is 2.75 bits per heavy atom. The summed E-state index contributed by atoms with van der Waals surface area (Å²) in [5.74, 6) is 0. The molecule has 0 aromatic heterocycles. The van der Waals surface area contributed by atoms with Crippen LogP contribution in [-0.2, 0) is 9.53 Å². The van der Waals surface area contributed by atoms with Gasteiger partial charge in [-0.15, -0.1) is 0 Å². The maximum atomic E-state index is 11.3. The van der Waals surface area contributed by atoms with E-state index in [4.69, 9.17) is 0 Å². The first-order valence-electron chi connectivity index (χ1n) is 2.53. The molecular formula is C5H9FO2. The zero-order chi connectivity index (χ0) is 6.41. The molecule has 0 aliphatic heterocycles. The summed E-state index contributed by atoms with van der Waals surface area (Å²) in [6, 6.07) is -1.31. The van der Waals surface area contributed by atoms with Crippen LogP contribution >= 0.6 is 0 Å². The standard InChI is InChI=1S/C5H9FO2/c1-2-8-4-3-5(6)7/h2-4H2,1H3. The van der Waals surface area contributed by atoms with Gasteiger partial charge in [-0.25, -0.2) is 0 Å². The summed E-state index contributed by atoms with van der Waals surface area (Å²) in [4.78, 5) is 9.57. The molecule has 0 atom stereocenters. The van der Waals surface area contributed by atoms with Crippen molar-refractivity contribution in [1.29, 1.82) is 0 Å². The second-order valence-electron chi connectivity index (χ2n) is 1.30. The van der Waals surface area contributed by atoms with Gasteiger partial charge < -0.3 is 4.74 Å². The molecule has 48 valence electrons. The number of ether oxygens (including phenoxy) is 1. The van der Waals surface area contributed by atoms with Crippen LogP contribution in [-0.4, -0.2) is 19.3 Å². The first-order chi connectivity index (χ1) is 3.77. The van der Waals surface area contributed by atoms with Crippen molar-refractivity contribution in [2.24, 2.45) is 0 Å². The summed E-state index contributed by atoms with van der Waals surface area (Å²) in [5.41, 5.74) is 0. The van der Waals surface area contributed by atoms with Crippen molar-refractivity contribution in [3.8, 4) is 0 Å². The van der Waals surface area contributed by atoms with Crippen LogP contribution < -0.4 is 0 Å². The van der Waals surface area contributed by atoms with E-state index in [2.05, 4.69) is 4.74 Å². The van der Waals surface area contributed by atoms with Gasteiger partial charge in [0.15, 0.2) is 0 Å². The molecule has 0 aromatic rings. The van der Waals surface area contributed by atoms with E-state index in [0.29, 0.717) is 6.61 Å². The largest absolute Gasteiger partial charge is 0.381 e. The van der Waals surface area contributed by atoms with E-state index in [1.807, 2.05) is 0 Å². The van der Waals surface area contributed by atoms with Crippen LogP contribution in [0.1, 0.15) is 13.3 Å². The molecule has 0 bridgehead atoms. The first-order valence-corrected chi connectivity index (χ1v) is 2.53. The number of hydrogen-bond donors (Lipinski definition) is 0. The molecule has 0 amide bonds. The number of carbonyl (C=O) groups excluding carboxylic acids is 1. The maximum Gasteiger partial charge on any atom is 0.303 e. The van der Waals surface area contributed by atoms with E-state index >= 15 is 0 Å². The van der Waals surface area contributed by atoms with Crippen molar-refractivity contribution in [3.05, 3.63) is 0 Å². The van der Waals surface area contributed by atoms with Gasteiger partial charge in [0, 0.05) is 6.61 Å². The first kappa shape index (κ1) is 7.56. The Morgan fingerprint density at radius 2 is 2.38 bits per heavy atom. The Hall–Kier alpha value is -0.440. The summed E-state index contributed by atoms with van der Waals surface area (Å²) in [6.45, 7) is 2.53. The monoisotopic (exact) mass is 120 g/mol. The van der Waals surface area contributed by atoms with Gasteiger partial charge in [-0.3, -0.25) is 4.79 Å². The van der Waals surface area contributed by atoms with Gasteiger partial charge in [-0.05, 0) is 6.92 Å². The molecule has 2 nitrogen and oxygen atoms in total. The van der Waals surface area contributed by atoms with Crippen molar-refractivity contribution >= 4 is 6.04 Å². The van der Waals surface area contributed by atoms with Gasteiger partial charge >= 0.3 is 6.04 Å². The third-order valence-electron chi connectivity index (χ3n) is 0.647. The van der Waals surface area contributed by atoms with E-state index in [1.54, 1.807) is 6.92 Å². The van der Waals surface area contributed by atoms with Crippen molar-refractivity contribution in [1.82, 2.24) is 0 Å². The molecule has 0 N–H and O–H groups in total. The molecule has 8 heavy (non-hydrogen) atoms. The minimum absolute atomic E-state index is 0.117. The fraction of sp³-hybridized carbons (Fsp3) is 0.800. The van der Waals surface area contributed by atoms with Crippen molar-refractivity contribution in [3.63, 3.8) is 0 Å². The molecule has 0 aliphatic carbocycles. The number of halogens is 1. The Bertz CT molecular complexity index is 72.8. The molecule has 0 radical (unpaired) electrons. The Labute approximate surface area is 47.6 Å². The lowest BCUT2D eigenvalue weighted by Gasteiger charge is -1.92. The van der Waals surface area contributed by atoms with E-state index in [1.165, 1.54) is 0 Å². The highest BCUT2D eigenvalue weighted by Gasteiger charge is 1.94. The van der Waals surface area contributed by atoms with Crippen molar-refractivity contribution < 1.29 is 13.9 Å². The Kier molecular flexibility index (Phi) is 4.45. The molecule has 0 saturated heterocycles. The average Bonchev–Trinajstić information content (AvgIpc) is 1.66. The third kappa shape index (κ3) is 5.56. The molecule has 0 heterocycles. The smallest absolute Gasteiger partial charge is 0.303 e. The van der Waals surface area contributed by atoms with Crippen molar-refractivity contribution in [2.75, 3.05) is 13.2 Å². The maximum absolute atomic E-state index is 11.3. The second-order valence-corrected chi connectivity index (χ2v) is 1.30. The molecule has 0 fully saturated rings. The third-order valence-corrected chi connectivity index (χ3v) is 0.647. The minimum Gasteiger partial charge on any atom is -0.381 e. The lowest BCUT2D eigenvalue weighted by Crippen LogP contribution is -1.97. The van der Waals surface area contributed by atoms with E-state index in [9.17, 15) is 9.18 Å². The fourth-order valence-electron chi connectivity index (χ4n) is 0.297. The van der Waals surface area contributed by atoms with E-state index in [-0.39, 0.29) is 13.0 Å². The summed E-state index contributed by atoms with van der Waals surface area (Å²) < 4.78 is 16.0. The number of carbonyl (C=O) groups is 1. The second kappa shape index (κ2) is 4.71. The van der Waals surface area contributed by atoms with Crippen LogP contribution in [0.3, 0.4) is 0 Å². The number of hydrogen-bond acceptors (Lipinski definition) is 2. The summed E-state index contributed by atoms with van der Waals surface area (Å²) in [5, 5.41) is 0. The van der Waals surface area contributed by atoms with Crippen LogP contribution in [0, 0.1) is 0 Å². The van der Waals surface area contributed by atoms with Gasteiger partial charge in [0.25, 0.3) is 0 Å². The molecule has 0 aliphatic rings. The molecule has 3 heteroatoms. The summed E-state index contributed by atoms with van der Waals surface area (Å²) in [6.07, 6.45) is -0.117. The zero-order valence-electron chi connectivity index (χ0n) is 4.82. The molecule has 0 unspecified atom stereocenters. The summed E-state index contributed by atoms with van der Waals surface area (Å²) in [7, 11) is 0. The normalized spacial score (nSPS) is 9.25. The van der Waals surface area contributed by atoms with Gasteiger partial charge in [-0.2, -0.15) is 4.39 Å². The fourth-order valence-corrected chi connectivity index (χ4v) is 0.297.